The van der Waals surface area contributed by atoms with E-state index in [1.807, 2.05) is 60.7 Å². The first kappa shape index (κ1) is 17.7. The van der Waals surface area contributed by atoms with Crippen LogP contribution in [0.2, 0.25) is 0 Å². The first-order valence-electron chi connectivity index (χ1n) is 8.51. The van der Waals surface area contributed by atoms with Crippen molar-refractivity contribution in [3.05, 3.63) is 71.8 Å². The van der Waals surface area contributed by atoms with Crippen LogP contribution in [-0.4, -0.2) is 30.1 Å². The van der Waals surface area contributed by atoms with Gasteiger partial charge >= 0.3 is 0 Å². The lowest BCUT2D eigenvalue weighted by atomic mass is 9.71. The third-order valence-electron chi connectivity index (χ3n) is 4.96. The molecule has 2 atom stereocenters. The molecule has 0 fully saturated rings. The van der Waals surface area contributed by atoms with Gasteiger partial charge in [-0.2, -0.15) is 0 Å². The van der Waals surface area contributed by atoms with E-state index in [2.05, 4.69) is 32.8 Å². The van der Waals surface area contributed by atoms with Crippen LogP contribution < -0.4 is 0 Å². The monoisotopic (exact) mass is 311 g/mol. The van der Waals surface area contributed by atoms with E-state index in [1.54, 1.807) is 0 Å². The molecule has 0 aliphatic rings. The second-order valence-corrected chi connectivity index (χ2v) is 6.60. The van der Waals surface area contributed by atoms with Crippen molar-refractivity contribution in [2.45, 2.75) is 38.3 Å². The fourth-order valence-corrected chi connectivity index (χ4v) is 3.45. The van der Waals surface area contributed by atoms with Crippen LogP contribution in [0.1, 0.15) is 37.8 Å². The summed E-state index contributed by atoms with van der Waals surface area (Å²) in [6.45, 7) is 4.39. The van der Waals surface area contributed by atoms with Crippen LogP contribution in [0.4, 0.5) is 0 Å². The Morgan fingerprint density at radius 1 is 0.913 bits per heavy atom. The van der Waals surface area contributed by atoms with E-state index in [-0.39, 0.29) is 12.0 Å². The first-order valence-corrected chi connectivity index (χ1v) is 8.51. The highest BCUT2D eigenvalue weighted by Crippen LogP contribution is 2.41. The van der Waals surface area contributed by atoms with Gasteiger partial charge in [-0.05, 0) is 38.6 Å². The molecule has 0 saturated heterocycles. The zero-order valence-corrected chi connectivity index (χ0v) is 14.7. The third-order valence-corrected chi connectivity index (χ3v) is 4.96. The Hall–Kier alpha value is -1.64. The highest BCUT2D eigenvalue weighted by atomic mass is 16.3. The third kappa shape index (κ3) is 3.65. The Kier molecular flexibility index (Phi) is 5.97. The van der Waals surface area contributed by atoms with Gasteiger partial charge in [-0.15, -0.1) is 0 Å². The summed E-state index contributed by atoms with van der Waals surface area (Å²) in [5.74, 6) is 0.118. The van der Waals surface area contributed by atoms with Crippen LogP contribution in [0.5, 0.6) is 0 Å². The van der Waals surface area contributed by atoms with Crippen molar-refractivity contribution >= 4 is 0 Å². The summed E-state index contributed by atoms with van der Waals surface area (Å²) in [4.78, 5) is 2.21. The molecule has 0 heterocycles. The molecule has 124 valence electrons. The summed E-state index contributed by atoms with van der Waals surface area (Å²) in [5, 5.41) is 11.9. The Balaban J connectivity index is 2.60. The van der Waals surface area contributed by atoms with Crippen LogP contribution in [-0.2, 0) is 5.60 Å². The lowest BCUT2D eigenvalue weighted by molar-refractivity contribution is -0.0212. The Labute approximate surface area is 140 Å². The zero-order chi connectivity index (χ0) is 16.9. The van der Waals surface area contributed by atoms with Crippen molar-refractivity contribution in [3.8, 4) is 0 Å². The summed E-state index contributed by atoms with van der Waals surface area (Å²) >= 11 is 0. The normalized spacial score (nSPS) is 14.7. The molecule has 0 aliphatic carbocycles. The maximum absolute atomic E-state index is 11.9. The van der Waals surface area contributed by atoms with Crippen LogP contribution in [0, 0.1) is 5.92 Å². The summed E-state index contributed by atoms with van der Waals surface area (Å²) in [6, 6.07) is 20.4. The second kappa shape index (κ2) is 7.76. The largest absolute Gasteiger partial charge is 0.380 e. The molecule has 23 heavy (non-hydrogen) atoms. The predicted octanol–water partition coefficient (Wildman–Crippen LogP) is 4.29. The highest BCUT2D eigenvalue weighted by molar-refractivity contribution is 5.37. The summed E-state index contributed by atoms with van der Waals surface area (Å²) in [6.07, 6.45) is 2.02. The maximum Gasteiger partial charge on any atom is 0.119 e. The van der Waals surface area contributed by atoms with E-state index in [0.29, 0.717) is 0 Å². The minimum Gasteiger partial charge on any atom is -0.380 e. The molecule has 1 unspecified atom stereocenters. The molecule has 0 amide bonds. The topological polar surface area (TPSA) is 23.5 Å². The van der Waals surface area contributed by atoms with Crippen molar-refractivity contribution in [1.29, 1.82) is 0 Å². The first-order chi connectivity index (χ1) is 11.0. The van der Waals surface area contributed by atoms with Gasteiger partial charge < -0.3 is 10.0 Å². The molecular formula is C21H29NO. The zero-order valence-electron chi connectivity index (χ0n) is 14.7. The van der Waals surface area contributed by atoms with Gasteiger partial charge in [-0.3, -0.25) is 0 Å². The minimum atomic E-state index is -0.984. The van der Waals surface area contributed by atoms with Crippen LogP contribution in [0.15, 0.2) is 60.7 Å². The molecule has 0 radical (unpaired) electrons. The van der Waals surface area contributed by atoms with Crippen molar-refractivity contribution in [3.63, 3.8) is 0 Å². The number of hydrogen-bond donors (Lipinski definition) is 1. The van der Waals surface area contributed by atoms with Gasteiger partial charge in [0.05, 0.1) is 0 Å². The average molecular weight is 311 g/mol. The van der Waals surface area contributed by atoms with Gasteiger partial charge in [0.1, 0.15) is 5.60 Å². The fourth-order valence-electron chi connectivity index (χ4n) is 3.45. The van der Waals surface area contributed by atoms with Crippen molar-refractivity contribution < 1.29 is 5.11 Å². The quantitative estimate of drug-likeness (QED) is 0.824. The van der Waals surface area contributed by atoms with Crippen LogP contribution in [0.25, 0.3) is 0 Å². The Morgan fingerprint density at radius 2 is 1.35 bits per heavy atom. The summed E-state index contributed by atoms with van der Waals surface area (Å²) in [5.41, 5.74) is 0.957. The van der Waals surface area contributed by atoms with Gasteiger partial charge in [0.2, 0.25) is 0 Å². The smallest absolute Gasteiger partial charge is 0.119 e. The highest BCUT2D eigenvalue weighted by Gasteiger charge is 2.42. The molecule has 2 aromatic carbocycles. The van der Waals surface area contributed by atoms with E-state index in [1.165, 1.54) is 0 Å². The standard InChI is InChI=1S/C21H29NO/c1-5-12-20(17(2)22(3)4)21(23,18-13-8-6-9-14-18)19-15-10-7-11-16-19/h6-11,13-17,20,23H,5,12H2,1-4H3/t17-,20?/m0/s1. The van der Waals surface area contributed by atoms with E-state index in [9.17, 15) is 5.11 Å². The van der Waals surface area contributed by atoms with Crippen LogP contribution in [0.3, 0.4) is 0 Å². The van der Waals surface area contributed by atoms with E-state index < -0.39 is 5.60 Å². The summed E-state index contributed by atoms with van der Waals surface area (Å²) < 4.78 is 0. The van der Waals surface area contributed by atoms with Crippen molar-refractivity contribution in [2.24, 2.45) is 5.92 Å². The Bertz CT molecular complexity index is 540. The lowest BCUT2D eigenvalue weighted by Gasteiger charge is -2.42. The van der Waals surface area contributed by atoms with E-state index in [0.717, 1.165) is 24.0 Å². The average Bonchev–Trinajstić information content (AvgIpc) is 2.60. The predicted molar refractivity (Wildman–Crippen MR) is 97.4 cm³/mol. The molecule has 2 rings (SSSR count). The number of rotatable bonds is 7. The summed E-state index contributed by atoms with van der Waals surface area (Å²) in [7, 11) is 4.17. The van der Waals surface area contributed by atoms with Crippen molar-refractivity contribution in [2.75, 3.05) is 14.1 Å². The molecule has 2 aromatic rings. The molecular weight excluding hydrogens is 282 g/mol. The Morgan fingerprint density at radius 3 is 1.70 bits per heavy atom. The van der Waals surface area contributed by atoms with Gasteiger partial charge in [-0.25, -0.2) is 0 Å². The van der Waals surface area contributed by atoms with Crippen molar-refractivity contribution in [1.82, 2.24) is 4.90 Å². The fraction of sp³-hybridized carbons (Fsp3) is 0.429. The van der Waals surface area contributed by atoms with Gasteiger partial charge in [0.15, 0.2) is 0 Å². The lowest BCUT2D eigenvalue weighted by Crippen LogP contribution is -2.46. The molecule has 0 spiro atoms. The van der Waals surface area contributed by atoms with Gasteiger partial charge in [-0.1, -0.05) is 74.0 Å². The van der Waals surface area contributed by atoms with Crippen LogP contribution >= 0.6 is 0 Å². The number of hydrogen-bond acceptors (Lipinski definition) is 2. The molecule has 2 heteroatoms. The number of benzene rings is 2. The molecule has 0 aromatic heterocycles. The number of nitrogens with zero attached hydrogens (tertiary/aromatic N) is 1. The number of aliphatic hydroxyl groups is 1. The molecule has 0 aliphatic heterocycles. The van der Waals surface area contributed by atoms with E-state index >= 15 is 0 Å². The SMILES string of the molecule is CCCC([C@H](C)N(C)C)C(O)(c1ccccc1)c1ccccc1. The van der Waals surface area contributed by atoms with E-state index in [4.69, 9.17) is 0 Å². The second-order valence-electron chi connectivity index (χ2n) is 6.60. The maximum atomic E-state index is 11.9. The van der Waals surface area contributed by atoms with Gasteiger partial charge in [0.25, 0.3) is 0 Å². The molecule has 1 N–H and O–H groups in total. The minimum absolute atomic E-state index is 0.118. The molecule has 0 bridgehead atoms. The molecule has 2 nitrogen and oxygen atoms in total. The van der Waals surface area contributed by atoms with Gasteiger partial charge in [0, 0.05) is 12.0 Å². The molecule has 0 saturated carbocycles.